The van der Waals surface area contributed by atoms with Gasteiger partial charge in [-0.1, -0.05) is 0 Å². The van der Waals surface area contributed by atoms with Crippen LogP contribution in [0, 0.1) is 0 Å². The first-order chi connectivity index (χ1) is 2.91. The van der Waals surface area contributed by atoms with Crippen molar-refractivity contribution in [2.45, 2.75) is 0 Å². The highest BCUT2D eigenvalue weighted by atomic mass is 14.6. The van der Waals surface area contributed by atoms with Crippen LogP contribution in [0.1, 0.15) is 0 Å². The minimum absolute atomic E-state index is 1.62. The van der Waals surface area contributed by atoms with E-state index in [2.05, 4.69) is 21.7 Å². The Labute approximate surface area is 36.9 Å². The molecule has 0 unspecified atom stereocenters. The summed E-state index contributed by atoms with van der Waals surface area (Å²) in [6.45, 7) is 0. The maximum absolute atomic E-state index is 3.47. The summed E-state index contributed by atoms with van der Waals surface area (Å²) in [6.07, 6.45) is 0. The normalized spacial score (nSPS) is 5.00. The molecule has 0 aliphatic heterocycles. The average molecular weight is 82.1 g/mol. The van der Waals surface area contributed by atoms with E-state index in [4.69, 9.17) is 0 Å². The SMILES string of the molecule is CN=C=C=NC. The first-order valence-corrected chi connectivity index (χ1v) is 1.59. The van der Waals surface area contributed by atoms with Gasteiger partial charge >= 0.3 is 0 Å². The van der Waals surface area contributed by atoms with E-state index in [1.54, 1.807) is 14.1 Å². The zero-order chi connectivity index (χ0) is 4.83. The molecule has 0 spiro atoms. The van der Waals surface area contributed by atoms with Gasteiger partial charge in [-0.05, 0) is 0 Å². The van der Waals surface area contributed by atoms with Crippen LogP contribution in [0.25, 0.3) is 0 Å². The number of hydrogen-bond acceptors (Lipinski definition) is 2. The summed E-state index contributed by atoms with van der Waals surface area (Å²) in [5.41, 5.74) is 0. The van der Waals surface area contributed by atoms with Crippen LogP contribution in [0.3, 0.4) is 0 Å². The Kier molecular flexibility index (Phi) is 3.58. The van der Waals surface area contributed by atoms with Crippen molar-refractivity contribution in [2.24, 2.45) is 9.98 Å². The molecular formula is C4H6N2. The van der Waals surface area contributed by atoms with Gasteiger partial charge in [0.25, 0.3) is 0 Å². The lowest BCUT2D eigenvalue weighted by molar-refractivity contribution is 1.47. The molecule has 0 aromatic heterocycles. The molecule has 0 aliphatic carbocycles. The molecule has 0 rings (SSSR count). The van der Waals surface area contributed by atoms with Gasteiger partial charge in [0.2, 0.25) is 0 Å². The van der Waals surface area contributed by atoms with Gasteiger partial charge in [-0.25, -0.2) is 9.98 Å². The molecular weight excluding hydrogens is 76.1 g/mol. The molecule has 32 valence electrons. The Bertz CT molecular complexity index is 88.7. The van der Waals surface area contributed by atoms with Crippen molar-refractivity contribution in [1.82, 2.24) is 0 Å². The maximum atomic E-state index is 3.47. The van der Waals surface area contributed by atoms with Crippen molar-refractivity contribution in [1.29, 1.82) is 0 Å². The van der Waals surface area contributed by atoms with Gasteiger partial charge < -0.3 is 0 Å². The fourth-order valence-electron chi connectivity index (χ4n) is 0.100. The largest absolute Gasteiger partial charge is 0.237 e. The molecule has 6 heavy (non-hydrogen) atoms. The lowest BCUT2D eigenvalue weighted by Gasteiger charge is -1.49. The molecule has 0 aromatic rings. The zero-order valence-corrected chi connectivity index (χ0v) is 3.89. The first-order valence-electron chi connectivity index (χ1n) is 1.59. The van der Waals surface area contributed by atoms with Crippen LogP contribution in [0.5, 0.6) is 0 Å². The van der Waals surface area contributed by atoms with Crippen LogP contribution in [0.4, 0.5) is 0 Å². The smallest absolute Gasteiger partial charge is 0.0535 e. The summed E-state index contributed by atoms with van der Waals surface area (Å²) in [5.74, 6) is 4.81. The van der Waals surface area contributed by atoms with E-state index < -0.39 is 0 Å². The van der Waals surface area contributed by atoms with Crippen LogP contribution in [-0.4, -0.2) is 25.8 Å². The van der Waals surface area contributed by atoms with Crippen molar-refractivity contribution in [3.8, 4) is 0 Å². The third-order valence-corrected chi connectivity index (χ3v) is 0.274. The topological polar surface area (TPSA) is 24.7 Å². The summed E-state index contributed by atoms with van der Waals surface area (Å²) in [7, 11) is 3.25. The van der Waals surface area contributed by atoms with Crippen LogP contribution in [-0.2, 0) is 0 Å². The number of aliphatic imine (C=N–C) groups is 2. The standard InChI is InChI=1S/C4H6N2/c1-5-3-4-6-2/h1-2H3. The third kappa shape index (κ3) is 3.16. The Morgan fingerprint density at radius 3 is 1.50 bits per heavy atom. The van der Waals surface area contributed by atoms with E-state index >= 15 is 0 Å². The lowest BCUT2D eigenvalue weighted by atomic mass is 11.0. The van der Waals surface area contributed by atoms with Crippen LogP contribution in [0.15, 0.2) is 9.98 Å². The van der Waals surface area contributed by atoms with Crippen molar-refractivity contribution in [3.63, 3.8) is 0 Å². The molecule has 0 radical (unpaired) electrons. The second-order valence-electron chi connectivity index (χ2n) is 0.671. The number of nitrogens with zero attached hydrogens (tertiary/aromatic N) is 2. The summed E-state index contributed by atoms with van der Waals surface area (Å²) in [6, 6.07) is 0. The summed E-state index contributed by atoms with van der Waals surface area (Å²) in [5, 5.41) is 0. The summed E-state index contributed by atoms with van der Waals surface area (Å²) >= 11 is 0. The second-order valence-corrected chi connectivity index (χ2v) is 0.671. The van der Waals surface area contributed by atoms with E-state index in [0.717, 1.165) is 0 Å². The highest BCUT2D eigenvalue weighted by molar-refractivity contribution is 5.87. The second kappa shape index (κ2) is 4.16. The number of rotatable bonds is 0. The molecule has 0 heterocycles. The predicted molar refractivity (Wildman–Crippen MR) is 26.7 cm³/mol. The van der Waals surface area contributed by atoms with Gasteiger partial charge in [0.05, 0.1) is 11.7 Å². The molecule has 0 aliphatic rings. The van der Waals surface area contributed by atoms with Crippen molar-refractivity contribution < 1.29 is 0 Å². The molecule has 0 amide bonds. The monoisotopic (exact) mass is 82.1 g/mol. The molecule has 0 aromatic carbocycles. The molecule has 0 saturated carbocycles. The summed E-state index contributed by atoms with van der Waals surface area (Å²) in [4.78, 5) is 6.94. The molecule has 0 atom stereocenters. The van der Waals surface area contributed by atoms with Gasteiger partial charge in [0.1, 0.15) is 0 Å². The van der Waals surface area contributed by atoms with Gasteiger partial charge in [-0.15, -0.1) is 0 Å². The van der Waals surface area contributed by atoms with Gasteiger partial charge in [0, 0.05) is 14.1 Å². The quantitative estimate of drug-likeness (QED) is 0.371. The van der Waals surface area contributed by atoms with Crippen LogP contribution < -0.4 is 0 Å². The Hall–Kier alpha value is -0.840. The van der Waals surface area contributed by atoms with E-state index in [0.29, 0.717) is 0 Å². The molecule has 0 N–H and O–H groups in total. The molecule has 2 heteroatoms. The lowest BCUT2D eigenvalue weighted by Crippen LogP contribution is -1.52. The first kappa shape index (κ1) is 5.16. The Balaban J connectivity index is 3.79. The van der Waals surface area contributed by atoms with E-state index in [1.165, 1.54) is 0 Å². The van der Waals surface area contributed by atoms with Gasteiger partial charge in [0.15, 0.2) is 0 Å². The van der Waals surface area contributed by atoms with Crippen LogP contribution in [0.2, 0.25) is 0 Å². The molecule has 0 fully saturated rings. The fourth-order valence-corrected chi connectivity index (χ4v) is 0.100. The molecule has 0 saturated heterocycles. The zero-order valence-electron chi connectivity index (χ0n) is 3.89. The van der Waals surface area contributed by atoms with Crippen LogP contribution >= 0.6 is 0 Å². The van der Waals surface area contributed by atoms with Crippen molar-refractivity contribution in [3.05, 3.63) is 0 Å². The minimum atomic E-state index is 1.62. The van der Waals surface area contributed by atoms with Crippen molar-refractivity contribution >= 4 is 11.7 Å². The third-order valence-electron chi connectivity index (χ3n) is 0.274. The number of hydrogen-bond donors (Lipinski definition) is 0. The van der Waals surface area contributed by atoms with E-state index in [-0.39, 0.29) is 0 Å². The highest BCUT2D eigenvalue weighted by Gasteiger charge is 1.36. The Morgan fingerprint density at radius 1 is 1.00 bits per heavy atom. The van der Waals surface area contributed by atoms with Gasteiger partial charge in [-0.3, -0.25) is 0 Å². The maximum Gasteiger partial charge on any atom is 0.0535 e. The van der Waals surface area contributed by atoms with E-state index in [1.807, 2.05) is 0 Å². The van der Waals surface area contributed by atoms with Gasteiger partial charge in [-0.2, -0.15) is 0 Å². The minimum Gasteiger partial charge on any atom is -0.237 e. The molecule has 2 nitrogen and oxygen atoms in total. The molecule has 0 bridgehead atoms. The average Bonchev–Trinajstić information content (AvgIpc) is 1.61. The summed E-state index contributed by atoms with van der Waals surface area (Å²) < 4.78 is 0. The fraction of sp³-hybridized carbons (Fsp3) is 0.500. The Morgan fingerprint density at radius 2 is 1.33 bits per heavy atom. The highest BCUT2D eigenvalue weighted by Crippen LogP contribution is 1.36. The van der Waals surface area contributed by atoms with Crippen molar-refractivity contribution in [2.75, 3.05) is 14.1 Å². The predicted octanol–water partition coefficient (Wildman–Crippen LogP) is 0.142. The van der Waals surface area contributed by atoms with E-state index in [9.17, 15) is 0 Å².